The number of carbonyl (C=O) groups is 1. The van der Waals surface area contributed by atoms with Crippen LogP contribution in [0.15, 0.2) is 23.6 Å². The van der Waals surface area contributed by atoms with E-state index in [4.69, 9.17) is 12.2 Å². The summed E-state index contributed by atoms with van der Waals surface area (Å²) in [4.78, 5) is 18.3. The van der Waals surface area contributed by atoms with Gasteiger partial charge in [-0.1, -0.05) is 24.0 Å². The first-order chi connectivity index (χ1) is 12.0. The van der Waals surface area contributed by atoms with Crippen LogP contribution in [0.25, 0.3) is 11.3 Å². The molecule has 1 fully saturated rings. The van der Waals surface area contributed by atoms with E-state index < -0.39 is 11.6 Å². The lowest BCUT2D eigenvalue weighted by Crippen LogP contribution is -2.25. The molecule has 0 unspecified atom stereocenters. The van der Waals surface area contributed by atoms with Crippen LogP contribution in [-0.4, -0.2) is 39.0 Å². The quantitative estimate of drug-likeness (QED) is 0.783. The Morgan fingerprint density at radius 1 is 1.36 bits per heavy atom. The highest BCUT2D eigenvalue weighted by Gasteiger charge is 2.17. The summed E-state index contributed by atoms with van der Waals surface area (Å²) >= 11 is 7.79. The topological polar surface area (TPSA) is 45.2 Å². The van der Waals surface area contributed by atoms with E-state index in [1.807, 2.05) is 0 Å². The van der Waals surface area contributed by atoms with Gasteiger partial charge in [0.2, 0.25) is 5.91 Å². The number of benzene rings is 1. The zero-order valence-electron chi connectivity index (χ0n) is 13.1. The molecule has 25 heavy (non-hydrogen) atoms. The first kappa shape index (κ1) is 18.2. The summed E-state index contributed by atoms with van der Waals surface area (Å²) in [7, 11) is 0. The number of halogens is 2. The molecule has 1 aromatic carbocycles. The maximum atomic E-state index is 13.8. The molecule has 1 aliphatic heterocycles. The molecule has 9 heteroatoms. The number of likely N-dealkylation sites (tertiary alicyclic amines) is 1. The Morgan fingerprint density at radius 3 is 2.88 bits per heavy atom. The van der Waals surface area contributed by atoms with Gasteiger partial charge in [-0.3, -0.25) is 4.79 Å². The van der Waals surface area contributed by atoms with Crippen LogP contribution in [0.1, 0.15) is 12.8 Å². The summed E-state index contributed by atoms with van der Waals surface area (Å²) in [5.41, 5.74) is 0.360. The van der Waals surface area contributed by atoms with Crippen molar-refractivity contribution in [3.05, 3.63) is 35.2 Å². The maximum Gasteiger partial charge on any atom is 0.236 e. The lowest BCUT2D eigenvalue weighted by Gasteiger charge is -2.17. The van der Waals surface area contributed by atoms with Crippen molar-refractivity contribution >= 4 is 50.7 Å². The number of nitrogens with one attached hydrogen (secondary N) is 1. The summed E-state index contributed by atoms with van der Waals surface area (Å²) in [6.07, 6.45) is 2.26. The molecular formula is C16H15F2N3OS3. The predicted molar refractivity (Wildman–Crippen MR) is 102 cm³/mol. The normalized spacial score (nSPS) is 13.9. The van der Waals surface area contributed by atoms with E-state index in [2.05, 4.69) is 15.2 Å². The van der Waals surface area contributed by atoms with Crippen LogP contribution in [0.3, 0.4) is 0 Å². The summed E-state index contributed by atoms with van der Waals surface area (Å²) < 4.78 is 27.8. The Bertz CT molecular complexity index is 791. The van der Waals surface area contributed by atoms with Gasteiger partial charge in [-0.05, 0) is 31.0 Å². The number of anilines is 1. The third-order valence-corrected chi connectivity index (χ3v) is 5.93. The first-order valence-corrected chi connectivity index (χ1v) is 9.93. The second-order valence-corrected chi connectivity index (χ2v) is 7.93. The summed E-state index contributed by atoms with van der Waals surface area (Å²) in [6.45, 7) is 1.89. The van der Waals surface area contributed by atoms with Crippen LogP contribution in [-0.2, 0) is 4.79 Å². The minimum absolute atomic E-state index is 0.0707. The molecule has 1 saturated heterocycles. The van der Waals surface area contributed by atoms with E-state index in [1.165, 1.54) is 11.8 Å². The smallest absolute Gasteiger partial charge is 0.236 e. The molecule has 2 heterocycles. The molecule has 1 aromatic heterocycles. The van der Waals surface area contributed by atoms with Crippen LogP contribution in [0.2, 0.25) is 0 Å². The maximum absolute atomic E-state index is 13.8. The number of aromatic nitrogens is 1. The summed E-state index contributed by atoms with van der Waals surface area (Å²) in [5, 5.41) is 4.59. The molecule has 0 atom stereocenters. The van der Waals surface area contributed by atoms with E-state index in [-0.39, 0.29) is 22.9 Å². The molecule has 0 saturated carbocycles. The SMILES string of the molecule is O=C(CSC(=S)N1CCCC1)Nc1nc(-c2cc(F)ccc2F)cs1. The van der Waals surface area contributed by atoms with E-state index in [0.29, 0.717) is 5.13 Å². The molecule has 0 bridgehead atoms. The molecule has 3 rings (SSSR count). The summed E-state index contributed by atoms with van der Waals surface area (Å²) in [5.74, 6) is -1.14. The molecular weight excluding hydrogens is 384 g/mol. The molecule has 0 spiro atoms. The molecule has 2 aromatic rings. The third kappa shape index (κ3) is 4.74. The number of thiazole rings is 1. The van der Waals surface area contributed by atoms with E-state index in [0.717, 1.165) is 59.8 Å². The fourth-order valence-corrected chi connectivity index (χ4v) is 4.20. The highest BCUT2D eigenvalue weighted by molar-refractivity contribution is 8.23. The number of carbonyl (C=O) groups excluding carboxylic acids is 1. The largest absolute Gasteiger partial charge is 0.358 e. The number of amides is 1. The Balaban J connectivity index is 1.56. The van der Waals surface area contributed by atoms with Gasteiger partial charge < -0.3 is 10.2 Å². The van der Waals surface area contributed by atoms with E-state index >= 15 is 0 Å². The van der Waals surface area contributed by atoms with Crippen LogP contribution < -0.4 is 5.32 Å². The number of thioether (sulfide) groups is 1. The highest BCUT2D eigenvalue weighted by atomic mass is 32.2. The van der Waals surface area contributed by atoms with Crippen molar-refractivity contribution in [2.75, 3.05) is 24.2 Å². The number of thiocarbonyl (C=S) groups is 1. The van der Waals surface area contributed by atoms with Crippen molar-refractivity contribution in [3.63, 3.8) is 0 Å². The lowest BCUT2D eigenvalue weighted by molar-refractivity contribution is -0.113. The predicted octanol–water partition coefficient (Wildman–Crippen LogP) is 4.14. The van der Waals surface area contributed by atoms with Crippen LogP contribution >= 0.6 is 35.3 Å². The van der Waals surface area contributed by atoms with E-state index in [1.54, 1.807) is 5.38 Å². The van der Waals surface area contributed by atoms with Crippen LogP contribution in [0.5, 0.6) is 0 Å². The second-order valence-electron chi connectivity index (χ2n) is 5.46. The van der Waals surface area contributed by atoms with Gasteiger partial charge in [0.05, 0.1) is 11.4 Å². The monoisotopic (exact) mass is 399 g/mol. The van der Waals surface area contributed by atoms with Crippen molar-refractivity contribution in [1.82, 2.24) is 9.88 Å². The standard InChI is InChI=1S/C16H15F2N3OS3/c17-10-3-4-12(18)11(7-10)13-8-24-15(19-13)20-14(22)9-25-16(23)21-5-1-2-6-21/h3-4,7-8H,1-2,5-6,9H2,(H,19,20,22). The fraction of sp³-hybridized carbons (Fsp3) is 0.312. The van der Waals surface area contributed by atoms with Gasteiger partial charge in [0.1, 0.15) is 16.0 Å². The first-order valence-electron chi connectivity index (χ1n) is 7.65. The van der Waals surface area contributed by atoms with Crippen LogP contribution in [0, 0.1) is 11.6 Å². The molecule has 1 N–H and O–H groups in total. The highest BCUT2D eigenvalue weighted by Crippen LogP contribution is 2.27. The molecule has 1 amide bonds. The summed E-state index contributed by atoms with van der Waals surface area (Å²) in [6, 6.07) is 3.19. The van der Waals surface area contributed by atoms with Crippen molar-refractivity contribution in [3.8, 4) is 11.3 Å². The Morgan fingerprint density at radius 2 is 2.12 bits per heavy atom. The minimum Gasteiger partial charge on any atom is -0.358 e. The van der Waals surface area contributed by atoms with Gasteiger partial charge in [-0.25, -0.2) is 13.8 Å². The van der Waals surface area contributed by atoms with Gasteiger partial charge in [0.25, 0.3) is 0 Å². The number of hydrogen-bond donors (Lipinski definition) is 1. The Labute approximate surface area is 157 Å². The van der Waals surface area contributed by atoms with Crippen molar-refractivity contribution in [2.24, 2.45) is 0 Å². The lowest BCUT2D eigenvalue weighted by atomic mass is 10.1. The zero-order valence-corrected chi connectivity index (χ0v) is 15.6. The van der Waals surface area contributed by atoms with E-state index in [9.17, 15) is 13.6 Å². The van der Waals surface area contributed by atoms with Crippen molar-refractivity contribution in [1.29, 1.82) is 0 Å². The average Bonchev–Trinajstić information content (AvgIpc) is 3.26. The molecule has 1 aliphatic rings. The fourth-order valence-electron chi connectivity index (χ4n) is 2.42. The van der Waals surface area contributed by atoms with Gasteiger partial charge in [-0.15, -0.1) is 11.3 Å². The Kier molecular flexibility index (Phi) is 5.98. The third-order valence-electron chi connectivity index (χ3n) is 3.65. The number of hydrogen-bond acceptors (Lipinski definition) is 5. The van der Waals surface area contributed by atoms with Gasteiger partial charge in [-0.2, -0.15) is 0 Å². The van der Waals surface area contributed by atoms with Gasteiger partial charge in [0, 0.05) is 24.0 Å². The molecule has 132 valence electrons. The number of nitrogens with zero attached hydrogens (tertiary/aromatic N) is 2. The van der Waals surface area contributed by atoms with Gasteiger partial charge in [0.15, 0.2) is 5.13 Å². The zero-order chi connectivity index (χ0) is 17.8. The Hall–Kier alpha value is -1.58. The molecule has 0 aliphatic carbocycles. The minimum atomic E-state index is -0.559. The number of rotatable bonds is 4. The van der Waals surface area contributed by atoms with Crippen LogP contribution in [0.4, 0.5) is 13.9 Å². The molecule has 4 nitrogen and oxygen atoms in total. The average molecular weight is 400 g/mol. The molecule has 0 radical (unpaired) electrons. The van der Waals surface area contributed by atoms with Crippen molar-refractivity contribution < 1.29 is 13.6 Å². The van der Waals surface area contributed by atoms with Gasteiger partial charge >= 0.3 is 0 Å². The van der Waals surface area contributed by atoms with Crippen molar-refractivity contribution in [2.45, 2.75) is 12.8 Å². The second kappa shape index (κ2) is 8.20.